The Bertz CT molecular complexity index is 834. The van der Waals surface area contributed by atoms with E-state index >= 15 is 0 Å². The number of urea groups is 1. The summed E-state index contributed by atoms with van der Waals surface area (Å²) in [6.45, 7) is 3.05. The van der Waals surface area contributed by atoms with Gasteiger partial charge in [-0.05, 0) is 37.0 Å². The monoisotopic (exact) mass is 387 g/mol. The van der Waals surface area contributed by atoms with Gasteiger partial charge in [-0.2, -0.15) is 0 Å². The Morgan fingerprint density at radius 1 is 1.29 bits per heavy atom. The van der Waals surface area contributed by atoms with Crippen molar-refractivity contribution in [2.45, 2.75) is 51.2 Å². The second-order valence-electron chi connectivity index (χ2n) is 7.58. The van der Waals surface area contributed by atoms with E-state index < -0.39 is 0 Å². The molecule has 2 amide bonds. The van der Waals surface area contributed by atoms with Gasteiger partial charge in [-0.25, -0.2) is 18.9 Å². The van der Waals surface area contributed by atoms with Crippen LogP contribution in [0.5, 0.6) is 0 Å². The molecule has 1 aromatic heterocycles. The van der Waals surface area contributed by atoms with E-state index in [0.29, 0.717) is 37.3 Å². The van der Waals surface area contributed by atoms with Crippen molar-refractivity contribution in [3.05, 3.63) is 41.5 Å². The van der Waals surface area contributed by atoms with Gasteiger partial charge in [-0.15, -0.1) is 5.10 Å². The number of carbonyl (C=O) groups excluding carboxylic acids is 1. The molecule has 1 N–H and O–H groups in total. The maximum atomic E-state index is 13.5. The molecular weight excluding hydrogens is 361 g/mol. The van der Waals surface area contributed by atoms with Crippen LogP contribution in [0.15, 0.2) is 24.5 Å². The molecule has 1 saturated heterocycles. The van der Waals surface area contributed by atoms with E-state index in [0.717, 1.165) is 18.4 Å². The number of ether oxygens (including phenoxy) is 1. The van der Waals surface area contributed by atoms with Gasteiger partial charge in [0.1, 0.15) is 18.2 Å². The maximum absolute atomic E-state index is 13.5. The zero-order valence-corrected chi connectivity index (χ0v) is 16.1. The first-order valence-electron chi connectivity index (χ1n) is 9.95. The van der Waals surface area contributed by atoms with E-state index in [-0.39, 0.29) is 18.0 Å². The van der Waals surface area contributed by atoms with E-state index in [9.17, 15) is 9.18 Å². The number of nitrogens with one attached hydrogen (secondary N) is 1. The molecule has 1 atom stereocenters. The predicted octanol–water partition coefficient (Wildman–Crippen LogP) is 3.84. The van der Waals surface area contributed by atoms with Gasteiger partial charge in [0.25, 0.3) is 0 Å². The van der Waals surface area contributed by atoms with Crippen molar-refractivity contribution in [1.82, 2.24) is 19.7 Å². The number of rotatable bonds is 3. The van der Waals surface area contributed by atoms with Crippen LogP contribution in [0.2, 0.25) is 0 Å². The van der Waals surface area contributed by atoms with Gasteiger partial charge in [-0.3, -0.25) is 5.32 Å². The Morgan fingerprint density at radius 3 is 2.89 bits per heavy atom. The molecule has 2 aliphatic rings. The number of nitrogens with zero attached hydrogens (tertiary/aromatic N) is 4. The summed E-state index contributed by atoms with van der Waals surface area (Å²) < 4.78 is 21.2. The molecule has 2 aromatic rings. The zero-order valence-electron chi connectivity index (χ0n) is 16.1. The van der Waals surface area contributed by atoms with Crippen LogP contribution in [0.4, 0.5) is 15.1 Å². The fourth-order valence-electron chi connectivity index (χ4n) is 3.93. The largest absolute Gasteiger partial charge is 0.370 e. The smallest absolute Gasteiger partial charge is 0.324 e. The summed E-state index contributed by atoms with van der Waals surface area (Å²) >= 11 is 0. The van der Waals surface area contributed by atoms with E-state index in [2.05, 4.69) is 15.4 Å². The normalized spacial score (nSPS) is 20.9. The lowest BCUT2D eigenvalue weighted by Gasteiger charge is -2.33. The van der Waals surface area contributed by atoms with Crippen LogP contribution in [0.25, 0.3) is 0 Å². The summed E-state index contributed by atoms with van der Waals surface area (Å²) in [5.74, 6) is 0.0880. The molecule has 1 aliphatic heterocycles. The highest BCUT2D eigenvalue weighted by Crippen LogP contribution is 2.28. The molecule has 150 valence electrons. The van der Waals surface area contributed by atoms with E-state index in [1.807, 2.05) is 4.68 Å². The minimum atomic E-state index is -0.272. The minimum absolute atomic E-state index is 0.242. The minimum Gasteiger partial charge on any atom is -0.370 e. The number of benzene rings is 1. The van der Waals surface area contributed by atoms with Crippen LogP contribution < -0.4 is 5.32 Å². The molecule has 2 fully saturated rings. The van der Waals surface area contributed by atoms with Crippen LogP contribution >= 0.6 is 0 Å². The summed E-state index contributed by atoms with van der Waals surface area (Å²) in [6.07, 6.45) is 7.36. The zero-order chi connectivity index (χ0) is 19.5. The first-order chi connectivity index (χ1) is 13.6. The topological polar surface area (TPSA) is 72.3 Å². The predicted molar refractivity (Wildman–Crippen MR) is 103 cm³/mol. The van der Waals surface area contributed by atoms with Gasteiger partial charge in [0, 0.05) is 6.54 Å². The maximum Gasteiger partial charge on any atom is 0.324 e. The van der Waals surface area contributed by atoms with Crippen molar-refractivity contribution < 1.29 is 13.9 Å². The van der Waals surface area contributed by atoms with Gasteiger partial charge in [0.05, 0.1) is 19.2 Å². The van der Waals surface area contributed by atoms with Crippen molar-refractivity contribution in [3.8, 4) is 0 Å². The highest BCUT2D eigenvalue weighted by Gasteiger charge is 2.26. The van der Waals surface area contributed by atoms with Crippen molar-refractivity contribution in [2.75, 3.05) is 25.0 Å². The van der Waals surface area contributed by atoms with E-state index in [1.54, 1.807) is 30.3 Å². The molecule has 8 heteroatoms. The van der Waals surface area contributed by atoms with Gasteiger partial charge >= 0.3 is 6.03 Å². The Hall–Kier alpha value is -2.48. The molecule has 2 heterocycles. The molecule has 1 aliphatic carbocycles. The van der Waals surface area contributed by atoms with Crippen LogP contribution in [0.3, 0.4) is 0 Å². The number of morpholine rings is 1. The molecule has 4 rings (SSSR count). The van der Waals surface area contributed by atoms with E-state index in [4.69, 9.17) is 4.74 Å². The number of hydrogen-bond donors (Lipinski definition) is 1. The molecule has 7 nitrogen and oxygen atoms in total. The van der Waals surface area contributed by atoms with Gasteiger partial charge in [-0.1, -0.05) is 31.4 Å². The highest BCUT2D eigenvalue weighted by atomic mass is 19.1. The second-order valence-corrected chi connectivity index (χ2v) is 7.58. The summed E-state index contributed by atoms with van der Waals surface area (Å²) in [5.41, 5.74) is 1.44. The Morgan fingerprint density at radius 2 is 2.11 bits per heavy atom. The Labute approximate surface area is 163 Å². The first kappa shape index (κ1) is 18.9. The van der Waals surface area contributed by atoms with Gasteiger partial charge in [0.15, 0.2) is 0 Å². The third-order valence-corrected chi connectivity index (χ3v) is 5.58. The third-order valence-electron chi connectivity index (χ3n) is 5.58. The highest BCUT2D eigenvalue weighted by molar-refractivity contribution is 5.87. The lowest BCUT2D eigenvalue weighted by atomic mass is 9.96. The van der Waals surface area contributed by atoms with Crippen LogP contribution in [0, 0.1) is 12.7 Å². The van der Waals surface area contributed by atoms with Crippen molar-refractivity contribution in [1.29, 1.82) is 0 Å². The lowest BCUT2D eigenvalue weighted by Crippen LogP contribution is -2.44. The van der Waals surface area contributed by atoms with E-state index in [1.165, 1.54) is 25.3 Å². The first-order valence-corrected chi connectivity index (χ1v) is 9.95. The number of aryl methyl sites for hydroxylation is 1. The van der Waals surface area contributed by atoms with Crippen LogP contribution in [0.1, 0.15) is 55.4 Å². The lowest BCUT2D eigenvalue weighted by molar-refractivity contribution is -0.0135. The number of anilines is 1. The standard InChI is InChI=1S/C20H26FN5O2/c1-14-11-15(7-8-17(14)21)18-12-25(9-10-28-18)20(27)23-19-22-13-26(24-19)16-5-3-2-4-6-16/h7-8,11,13,16,18H,2-6,9-10,12H2,1H3,(H,23,24,27). The van der Waals surface area contributed by atoms with Crippen molar-refractivity contribution in [3.63, 3.8) is 0 Å². The van der Waals surface area contributed by atoms with Gasteiger partial charge < -0.3 is 9.64 Å². The molecule has 28 heavy (non-hydrogen) atoms. The SMILES string of the molecule is Cc1cc(C2CN(C(=O)Nc3ncn(C4CCCCC4)n3)CCO2)ccc1F. The molecule has 0 bridgehead atoms. The van der Waals surface area contributed by atoms with Gasteiger partial charge in [0.2, 0.25) is 5.95 Å². The number of carbonyl (C=O) groups is 1. The number of aromatic nitrogens is 3. The van der Waals surface area contributed by atoms with Crippen molar-refractivity contribution in [2.24, 2.45) is 0 Å². The second kappa shape index (κ2) is 8.26. The van der Waals surface area contributed by atoms with Crippen molar-refractivity contribution >= 4 is 12.0 Å². The average molecular weight is 387 g/mol. The third kappa shape index (κ3) is 4.16. The summed E-state index contributed by atoms with van der Waals surface area (Å²) in [5, 5.41) is 7.23. The fraction of sp³-hybridized carbons (Fsp3) is 0.550. The fourth-order valence-corrected chi connectivity index (χ4v) is 3.93. The summed E-state index contributed by atoms with van der Waals surface area (Å²) in [4.78, 5) is 18.6. The summed E-state index contributed by atoms with van der Waals surface area (Å²) in [7, 11) is 0. The quantitative estimate of drug-likeness (QED) is 0.869. The number of amides is 2. The molecule has 0 radical (unpaired) electrons. The molecule has 1 saturated carbocycles. The van der Waals surface area contributed by atoms with Crippen LogP contribution in [-0.4, -0.2) is 45.4 Å². The Kier molecular flexibility index (Phi) is 5.57. The molecule has 1 aromatic carbocycles. The molecule has 0 spiro atoms. The molecular formula is C20H26FN5O2. The molecule has 1 unspecified atom stereocenters. The average Bonchev–Trinajstić information content (AvgIpc) is 3.19. The van der Waals surface area contributed by atoms with Crippen LogP contribution in [-0.2, 0) is 4.74 Å². The number of halogens is 1. The summed E-state index contributed by atoms with van der Waals surface area (Å²) in [6, 6.07) is 5.06. The Balaban J connectivity index is 1.38. The number of hydrogen-bond acceptors (Lipinski definition) is 4.